The van der Waals surface area contributed by atoms with E-state index in [-0.39, 0.29) is 11.5 Å². The number of rotatable bonds is 5. The topological polar surface area (TPSA) is 51.5 Å². The van der Waals surface area contributed by atoms with Crippen LogP contribution in [0.4, 0.5) is 0 Å². The Bertz CT molecular complexity index is 841. The molecule has 0 aliphatic carbocycles. The van der Waals surface area contributed by atoms with Gasteiger partial charge in [0.2, 0.25) is 0 Å². The molecule has 0 unspecified atom stereocenters. The fourth-order valence-electron chi connectivity index (χ4n) is 2.69. The Morgan fingerprint density at radius 3 is 1.92 bits per heavy atom. The Kier molecular flexibility index (Phi) is 4.72. The van der Waals surface area contributed by atoms with Crippen LogP contribution < -0.4 is 10.3 Å². The predicted molar refractivity (Wildman–Crippen MR) is 97.3 cm³/mol. The van der Waals surface area contributed by atoms with Crippen molar-refractivity contribution in [3.63, 3.8) is 0 Å². The summed E-state index contributed by atoms with van der Waals surface area (Å²) in [7, 11) is 0. The Balaban J connectivity index is 2.07. The summed E-state index contributed by atoms with van der Waals surface area (Å²) in [6.07, 6.45) is 1.18. The van der Waals surface area contributed by atoms with Crippen LogP contribution in [0.3, 0.4) is 0 Å². The van der Waals surface area contributed by atoms with Gasteiger partial charge in [-0.05, 0) is 25.0 Å². The van der Waals surface area contributed by atoms with E-state index < -0.39 is 5.60 Å². The number of benzene rings is 2. The van der Waals surface area contributed by atoms with Crippen LogP contribution in [0.1, 0.15) is 36.8 Å². The lowest BCUT2D eigenvalue weighted by atomic mass is 10.0. The second-order valence-corrected chi connectivity index (χ2v) is 6.44. The predicted octanol–water partition coefficient (Wildman–Crippen LogP) is 3.29. The summed E-state index contributed by atoms with van der Waals surface area (Å²) in [6.45, 7) is 3.25. The number of aromatic nitrogens is 1. The average molecular weight is 335 g/mol. The van der Waals surface area contributed by atoms with Crippen molar-refractivity contribution in [3.8, 4) is 0 Å². The molecule has 0 fully saturated rings. The van der Waals surface area contributed by atoms with Crippen molar-refractivity contribution in [3.05, 3.63) is 106 Å². The van der Waals surface area contributed by atoms with Gasteiger partial charge in [0.05, 0.1) is 5.69 Å². The van der Waals surface area contributed by atoms with Crippen molar-refractivity contribution < 1.29 is 9.94 Å². The Morgan fingerprint density at radius 1 is 0.920 bits per heavy atom. The first-order chi connectivity index (χ1) is 11.9. The standard InChI is InChI=1S/C21H21NO3/c1-21(2,24)19-15-18(23)13-14-22(19)25-20(16-9-5-3-6-10-16)17-11-7-4-8-12-17/h3-15,20,24H,1-2H3. The molecule has 0 radical (unpaired) electrons. The second-order valence-electron chi connectivity index (χ2n) is 6.44. The average Bonchev–Trinajstić information content (AvgIpc) is 2.61. The van der Waals surface area contributed by atoms with E-state index in [1.54, 1.807) is 20.0 Å². The second kappa shape index (κ2) is 6.95. The minimum Gasteiger partial charge on any atom is -0.401 e. The van der Waals surface area contributed by atoms with Gasteiger partial charge in [-0.2, -0.15) is 4.73 Å². The Hall–Kier alpha value is -2.85. The van der Waals surface area contributed by atoms with Gasteiger partial charge in [0, 0.05) is 18.3 Å². The molecule has 25 heavy (non-hydrogen) atoms. The molecule has 1 N–H and O–H groups in total. The maximum atomic E-state index is 11.7. The van der Waals surface area contributed by atoms with E-state index in [0.29, 0.717) is 5.69 Å². The normalized spacial score (nSPS) is 11.5. The van der Waals surface area contributed by atoms with Crippen LogP contribution in [0.15, 0.2) is 83.8 Å². The molecule has 128 valence electrons. The van der Waals surface area contributed by atoms with Gasteiger partial charge in [-0.1, -0.05) is 60.7 Å². The van der Waals surface area contributed by atoms with Crippen LogP contribution in [0.25, 0.3) is 0 Å². The molecule has 0 aliphatic heterocycles. The van der Waals surface area contributed by atoms with Crippen molar-refractivity contribution in [2.24, 2.45) is 0 Å². The molecule has 4 heteroatoms. The van der Waals surface area contributed by atoms with E-state index in [0.717, 1.165) is 11.1 Å². The van der Waals surface area contributed by atoms with Gasteiger partial charge in [-0.15, -0.1) is 0 Å². The van der Waals surface area contributed by atoms with Crippen molar-refractivity contribution in [1.29, 1.82) is 0 Å². The molecular formula is C21H21NO3. The molecule has 0 saturated carbocycles. The number of aliphatic hydroxyl groups is 1. The molecule has 0 saturated heterocycles. The minimum atomic E-state index is -1.21. The first kappa shape index (κ1) is 17.0. The maximum Gasteiger partial charge on any atom is 0.182 e. The Morgan fingerprint density at radius 2 is 1.44 bits per heavy atom. The zero-order valence-electron chi connectivity index (χ0n) is 14.3. The van der Waals surface area contributed by atoms with Crippen molar-refractivity contribution in [2.75, 3.05) is 0 Å². The van der Waals surface area contributed by atoms with Gasteiger partial charge in [0.15, 0.2) is 11.5 Å². The van der Waals surface area contributed by atoms with Crippen LogP contribution in [0.2, 0.25) is 0 Å². The number of nitrogens with zero attached hydrogens (tertiary/aromatic N) is 1. The fourth-order valence-corrected chi connectivity index (χ4v) is 2.69. The highest BCUT2D eigenvalue weighted by Gasteiger charge is 2.24. The molecule has 0 atom stereocenters. The molecule has 1 heterocycles. The zero-order valence-corrected chi connectivity index (χ0v) is 14.3. The smallest absolute Gasteiger partial charge is 0.182 e. The molecule has 3 aromatic rings. The van der Waals surface area contributed by atoms with E-state index in [1.165, 1.54) is 16.9 Å². The third-order valence-corrected chi connectivity index (χ3v) is 3.94. The van der Waals surface area contributed by atoms with Crippen LogP contribution in [0.5, 0.6) is 0 Å². The van der Waals surface area contributed by atoms with Crippen molar-refractivity contribution >= 4 is 0 Å². The van der Waals surface area contributed by atoms with Crippen LogP contribution >= 0.6 is 0 Å². The van der Waals surface area contributed by atoms with Crippen LogP contribution in [0, 0.1) is 0 Å². The SMILES string of the molecule is CC(C)(O)c1cc(=O)ccn1OC(c1ccccc1)c1ccccc1. The molecule has 3 rings (SSSR count). The van der Waals surface area contributed by atoms with E-state index in [1.807, 2.05) is 60.7 Å². The highest BCUT2D eigenvalue weighted by atomic mass is 16.7. The number of pyridine rings is 1. The quantitative estimate of drug-likeness (QED) is 0.778. The van der Waals surface area contributed by atoms with Crippen molar-refractivity contribution in [2.45, 2.75) is 25.6 Å². The molecule has 0 spiro atoms. The molecule has 1 aromatic heterocycles. The summed E-state index contributed by atoms with van der Waals surface area (Å²) in [5, 5.41) is 10.4. The molecular weight excluding hydrogens is 314 g/mol. The molecule has 2 aromatic carbocycles. The van der Waals surface area contributed by atoms with Crippen LogP contribution in [-0.2, 0) is 5.60 Å². The highest BCUT2D eigenvalue weighted by molar-refractivity contribution is 5.30. The molecule has 0 amide bonds. The largest absolute Gasteiger partial charge is 0.401 e. The molecule has 0 bridgehead atoms. The summed E-state index contributed by atoms with van der Waals surface area (Å²) >= 11 is 0. The summed E-state index contributed by atoms with van der Waals surface area (Å²) in [5.74, 6) is 0. The maximum absolute atomic E-state index is 11.7. The van der Waals surface area contributed by atoms with Gasteiger partial charge in [0.1, 0.15) is 5.60 Å². The monoisotopic (exact) mass is 335 g/mol. The number of hydrogen-bond donors (Lipinski definition) is 1. The third kappa shape index (κ3) is 3.98. The summed E-state index contributed by atoms with van der Waals surface area (Å²) < 4.78 is 1.48. The van der Waals surface area contributed by atoms with Gasteiger partial charge < -0.3 is 9.94 Å². The third-order valence-electron chi connectivity index (χ3n) is 3.94. The summed E-state index contributed by atoms with van der Waals surface area (Å²) in [6, 6.07) is 22.5. The van der Waals surface area contributed by atoms with E-state index in [4.69, 9.17) is 4.84 Å². The summed E-state index contributed by atoms with van der Waals surface area (Å²) in [4.78, 5) is 18.0. The minimum absolute atomic E-state index is 0.173. The van der Waals surface area contributed by atoms with Gasteiger partial charge in [-0.25, -0.2) is 0 Å². The van der Waals surface area contributed by atoms with Gasteiger partial charge >= 0.3 is 0 Å². The number of hydrogen-bond acceptors (Lipinski definition) is 3. The van der Waals surface area contributed by atoms with E-state index in [9.17, 15) is 9.90 Å². The zero-order chi connectivity index (χ0) is 17.9. The molecule has 4 nitrogen and oxygen atoms in total. The van der Waals surface area contributed by atoms with E-state index in [2.05, 4.69) is 0 Å². The van der Waals surface area contributed by atoms with Gasteiger partial charge in [0.25, 0.3) is 0 Å². The molecule has 0 aliphatic rings. The lowest BCUT2D eigenvalue weighted by molar-refractivity contribution is 0.00699. The van der Waals surface area contributed by atoms with Crippen molar-refractivity contribution in [1.82, 2.24) is 4.73 Å². The van der Waals surface area contributed by atoms with Gasteiger partial charge in [-0.3, -0.25) is 4.79 Å². The highest BCUT2D eigenvalue weighted by Crippen LogP contribution is 2.25. The fraction of sp³-hybridized carbons (Fsp3) is 0.190. The summed E-state index contributed by atoms with van der Waals surface area (Å²) in [5.41, 5.74) is 0.978. The van der Waals surface area contributed by atoms with E-state index >= 15 is 0 Å². The first-order valence-corrected chi connectivity index (χ1v) is 8.18. The lowest BCUT2D eigenvalue weighted by Gasteiger charge is -2.27. The van der Waals surface area contributed by atoms with Crippen LogP contribution in [-0.4, -0.2) is 9.84 Å². The Labute approximate surface area is 146 Å². The lowest BCUT2D eigenvalue weighted by Crippen LogP contribution is -2.30. The first-order valence-electron chi connectivity index (χ1n) is 8.18.